The van der Waals surface area contributed by atoms with Gasteiger partial charge in [0.25, 0.3) is 0 Å². The van der Waals surface area contributed by atoms with Crippen LogP contribution in [0, 0.1) is 0 Å². The van der Waals surface area contributed by atoms with Crippen molar-refractivity contribution in [1.29, 1.82) is 0 Å². The highest BCUT2D eigenvalue weighted by atomic mass is 32.2. The van der Waals surface area contributed by atoms with Crippen LogP contribution in [0.4, 0.5) is 5.69 Å². The van der Waals surface area contributed by atoms with E-state index in [0.717, 1.165) is 35.0 Å². The van der Waals surface area contributed by atoms with Gasteiger partial charge in [0, 0.05) is 22.9 Å². The zero-order valence-electron chi connectivity index (χ0n) is 15.6. The van der Waals surface area contributed by atoms with E-state index in [0.29, 0.717) is 17.1 Å². The van der Waals surface area contributed by atoms with E-state index in [9.17, 15) is 9.59 Å². The van der Waals surface area contributed by atoms with Crippen LogP contribution in [0.1, 0.15) is 30.5 Å². The monoisotopic (exact) mass is 381 g/mol. The Bertz CT molecular complexity index is 1010. The number of fused-ring (bicyclic) bond motifs is 1. The van der Waals surface area contributed by atoms with Gasteiger partial charge in [-0.2, -0.15) is 0 Å². The predicted molar refractivity (Wildman–Crippen MR) is 112 cm³/mol. The Morgan fingerprint density at radius 1 is 1.04 bits per heavy atom. The van der Waals surface area contributed by atoms with Gasteiger partial charge in [0.1, 0.15) is 5.58 Å². The lowest BCUT2D eigenvalue weighted by Crippen LogP contribution is -2.14. The number of anilines is 1. The maximum Gasteiger partial charge on any atom is 0.336 e. The number of aryl methyl sites for hydroxylation is 2. The van der Waals surface area contributed by atoms with Crippen molar-refractivity contribution in [1.82, 2.24) is 0 Å². The average Bonchev–Trinajstić information content (AvgIpc) is 2.67. The molecular weight excluding hydrogens is 358 g/mol. The number of amides is 1. The first-order chi connectivity index (χ1) is 13.1. The normalized spacial score (nSPS) is 10.9. The molecule has 0 aliphatic carbocycles. The fourth-order valence-corrected chi connectivity index (χ4v) is 3.75. The topological polar surface area (TPSA) is 59.3 Å². The van der Waals surface area contributed by atoms with Crippen LogP contribution in [-0.4, -0.2) is 11.7 Å². The lowest BCUT2D eigenvalue weighted by molar-refractivity contribution is -0.113. The van der Waals surface area contributed by atoms with Crippen molar-refractivity contribution in [2.75, 3.05) is 11.1 Å². The first kappa shape index (κ1) is 19.2. The van der Waals surface area contributed by atoms with E-state index >= 15 is 0 Å². The molecule has 2 aromatic carbocycles. The zero-order chi connectivity index (χ0) is 19.2. The summed E-state index contributed by atoms with van der Waals surface area (Å²) in [5, 5.41) is 3.85. The van der Waals surface area contributed by atoms with Gasteiger partial charge in [-0.1, -0.05) is 38.1 Å². The fraction of sp³-hybridized carbons (Fsp3) is 0.273. The van der Waals surface area contributed by atoms with Gasteiger partial charge in [-0.3, -0.25) is 4.79 Å². The highest BCUT2D eigenvalue weighted by Gasteiger charge is 2.09. The summed E-state index contributed by atoms with van der Waals surface area (Å²) in [6.45, 7) is 4.15. The minimum Gasteiger partial charge on any atom is -0.423 e. The molecule has 0 radical (unpaired) electrons. The highest BCUT2D eigenvalue weighted by molar-refractivity contribution is 7.99. The van der Waals surface area contributed by atoms with E-state index in [1.165, 1.54) is 23.4 Å². The van der Waals surface area contributed by atoms with E-state index in [2.05, 4.69) is 19.2 Å². The highest BCUT2D eigenvalue weighted by Crippen LogP contribution is 2.23. The summed E-state index contributed by atoms with van der Waals surface area (Å²) in [6.07, 6.45) is 1.82. The summed E-state index contributed by atoms with van der Waals surface area (Å²) >= 11 is 1.48. The molecule has 3 aromatic rings. The summed E-state index contributed by atoms with van der Waals surface area (Å²) in [4.78, 5) is 24.1. The number of carbonyl (C=O) groups is 1. The van der Waals surface area contributed by atoms with Gasteiger partial charge in [-0.05, 0) is 47.7 Å². The lowest BCUT2D eigenvalue weighted by Gasteiger charge is -2.08. The number of nitrogens with one attached hydrogen (secondary N) is 1. The van der Waals surface area contributed by atoms with Crippen molar-refractivity contribution in [3.63, 3.8) is 0 Å². The molecule has 0 unspecified atom stereocenters. The number of hydrogen-bond donors (Lipinski definition) is 1. The maximum atomic E-state index is 12.2. The second-order valence-corrected chi connectivity index (χ2v) is 7.36. The largest absolute Gasteiger partial charge is 0.423 e. The van der Waals surface area contributed by atoms with Gasteiger partial charge in [0.2, 0.25) is 5.91 Å². The third kappa shape index (κ3) is 5.01. The minimum absolute atomic E-state index is 0.0474. The molecule has 0 aliphatic heterocycles. The van der Waals surface area contributed by atoms with Crippen LogP contribution < -0.4 is 10.9 Å². The average molecular weight is 381 g/mol. The second-order valence-electron chi connectivity index (χ2n) is 6.37. The molecule has 0 saturated heterocycles. The number of thioether (sulfide) groups is 1. The van der Waals surface area contributed by atoms with E-state index in [1.807, 2.05) is 42.5 Å². The van der Waals surface area contributed by atoms with Gasteiger partial charge in [-0.15, -0.1) is 11.8 Å². The third-order valence-corrected chi connectivity index (χ3v) is 5.39. The zero-order valence-corrected chi connectivity index (χ0v) is 16.4. The van der Waals surface area contributed by atoms with Crippen molar-refractivity contribution in [2.24, 2.45) is 0 Å². The molecule has 0 saturated carbocycles. The molecule has 0 fully saturated rings. The van der Waals surface area contributed by atoms with Crippen LogP contribution in [0.25, 0.3) is 11.0 Å². The first-order valence-corrected chi connectivity index (χ1v) is 10.3. The van der Waals surface area contributed by atoms with Crippen LogP contribution in [0.5, 0.6) is 0 Å². The lowest BCUT2D eigenvalue weighted by atomic mass is 10.1. The van der Waals surface area contributed by atoms with Crippen molar-refractivity contribution >= 4 is 34.3 Å². The standard InChI is InChI=1S/C22H23NO3S/c1-3-15-6-5-7-18(10-15)23-21(24)14-27-13-17-12-22(25)26-20-11-16(4-2)8-9-19(17)20/h5-12H,3-4,13-14H2,1-2H3,(H,23,24). The summed E-state index contributed by atoms with van der Waals surface area (Å²) in [7, 11) is 0. The van der Waals surface area contributed by atoms with Crippen molar-refractivity contribution in [2.45, 2.75) is 32.4 Å². The first-order valence-electron chi connectivity index (χ1n) is 9.11. The van der Waals surface area contributed by atoms with Crippen LogP contribution in [0.3, 0.4) is 0 Å². The van der Waals surface area contributed by atoms with E-state index in [-0.39, 0.29) is 11.5 Å². The molecule has 1 N–H and O–H groups in total. The molecular formula is C22H23NO3S. The van der Waals surface area contributed by atoms with Crippen molar-refractivity contribution < 1.29 is 9.21 Å². The van der Waals surface area contributed by atoms with Gasteiger partial charge in [0.05, 0.1) is 5.75 Å². The van der Waals surface area contributed by atoms with Gasteiger partial charge in [0.15, 0.2) is 0 Å². The molecule has 4 nitrogen and oxygen atoms in total. The van der Waals surface area contributed by atoms with Crippen molar-refractivity contribution in [3.8, 4) is 0 Å². The Hall–Kier alpha value is -2.53. The predicted octanol–water partition coefficient (Wildman–Crippen LogP) is 4.79. The van der Waals surface area contributed by atoms with Gasteiger partial charge < -0.3 is 9.73 Å². The quantitative estimate of drug-likeness (QED) is 0.598. The van der Waals surface area contributed by atoms with Crippen LogP contribution in [0.2, 0.25) is 0 Å². The molecule has 0 aliphatic rings. The SMILES string of the molecule is CCc1cccc(NC(=O)CSCc2cc(=O)oc3cc(CC)ccc23)c1. The summed E-state index contributed by atoms with van der Waals surface area (Å²) in [6, 6.07) is 15.3. The van der Waals surface area contributed by atoms with E-state index < -0.39 is 0 Å². The Morgan fingerprint density at radius 2 is 1.81 bits per heavy atom. The summed E-state index contributed by atoms with van der Waals surface area (Å²) < 4.78 is 5.33. The molecule has 1 aromatic heterocycles. The smallest absolute Gasteiger partial charge is 0.336 e. The van der Waals surface area contributed by atoms with Gasteiger partial charge in [-0.25, -0.2) is 4.79 Å². The molecule has 0 atom stereocenters. The Labute approximate surface area is 163 Å². The van der Waals surface area contributed by atoms with E-state index in [4.69, 9.17) is 4.42 Å². The van der Waals surface area contributed by atoms with Crippen molar-refractivity contribution in [3.05, 3.63) is 75.6 Å². The molecule has 1 heterocycles. The molecule has 27 heavy (non-hydrogen) atoms. The molecule has 3 rings (SSSR count). The summed E-state index contributed by atoms with van der Waals surface area (Å²) in [5.74, 6) is 0.856. The number of carbonyl (C=O) groups excluding carboxylic acids is 1. The Kier molecular flexibility index (Phi) is 6.35. The Morgan fingerprint density at radius 3 is 2.59 bits per heavy atom. The van der Waals surface area contributed by atoms with Crippen LogP contribution in [-0.2, 0) is 23.4 Å². The third-order valence-electron chi connectivity index (χ3n) is 4.41. The summed E-state index contributed by atoms with van der Waals surface area (Å²) in [5.41, 5.74) is 4.29. The molecule has 0 spiro atoms. The van der Waals surface area contributed by atoms with Crippen LogP contribution in [0.15, 0.2) is 57.7 Å². The Balaban J connectivity index is 1.64. The van der Waals surface area contributed by atoms with Gasteiger partial charge >= 0.3 is 5.63 Å². The number of benzene rings is 2. The number of rotatable bonds is 7. The molecule has 1 amide bonds. The maximum absolute atomic E-state index is 12.2. The van der Waals surface area contributed by atoms with E-state index in [1.54, 1.807) is 0 Å². The molecule has 0 bridgehead atoms. The second kappa shape index (κ2) is 8.91. The van der Waals surface area contributed by atoms with Crippen LogP contribution >= 0.6 is 11.8 Å². The number of hydrogen-bond acceptors (Lipinski definition) is 4. The fourth-order valence-electron chi connectivity index (χ4n) is 2.93. The minimum atomic E-state index is -0.354. The molecule has 140 valence electrons. The molecule has 5 heteroatoms.